The molecule has 2 aromatic carbocycles. The third-order valence-corrected chi connectivity index (χ3v) is 4.44. The Hall–Kier alpha value is -2.68. The van der Waals surface area contributed by atoms with Crippen LogP contribution in [0.15, 0.2) is 59.7 Å². The van der Waals surface area contributed by atoms with Gasteiger partial charge in [-0.2, -0.15) is 0 Å². The third-order valence-electron chi connectivity index (χ3n) is 4.44. The Morgan fingerprint density at radius 2 is 1.32 bits per heavy atom. The first-order chi connectivity index (χ1) is 12.0. The smallest absolute Gasteiger partial charge is 0.185 e. The van der Waals surface area contributed by atoms with Gasteiger partial charge in [-0.1, -0.05) is 24.3 Å². The SMILES string of the molecule is CN(C)c1ccc(C=C2CCCC(=Cc3ccc(F)cc3)C2=O)cc1. The van der Waals surface area contributed by atoms with Gasteiger partial charge in [-0.15, -0.1) is 0 Å². The normalized spacial score (nSPS) is 18.0. The average Bonchev–Trinajstić information content (AvgIpc) is 2.61. The van der Waals surface area contributed by atoms with Crippen molar-refractivity contribution < 1.29 is 9.18 Å². The van der Waals surface area contributed by atoms with Crippen LogP contribution in [0.5, 0.6) is 0 Å². The van der Waals surface area contributed by atoms with E-state index in [1.807, 2.05) is 43.3 Å². The Morgan fingerprint density at radius 1 is 0.840 bits per heavy atom. The van der Waals surface area contributed by atoms with E-state index < -0.39 is 0 Å². The maximum absolute atomic E-state index is 13.0. The molecule has 0 amide bonds. The Kier molecular flexibility index (Phi) is 5.13. The number of ketones is 1. The minimum absolute atomic E-state index is 0.104. The molecule has 2 aromatic rings. The first-order valence-corrected chi connectivity index (χ1v) is 8.52. The van der Waals surface area contributed by atoms with E-state index in [2.05, 4.69) is 12.1 Å². The van der Waals surface area contributed by atoms with E-state index in [0.29, 0.717) is 0 Å². The van der Waals surface area contributed by atoms with Crippen molar-refractivity contribution >= 4 is 23.6 Å². The molecule has 1 fully saturated rings. The number of hydrogen-bond donors (Lipinski definition) is 0. The lowest BCUT2D eigenvalue weighted by Crippen LogP contribution is -2.12. The fourth-order valence-corrected chi connectivity index (χ4v) is 3.01. The van der Waals surface area contributed by atoms with Crippen LogP contribution in [0.3, 0.4) is 0 Å². The van der Waals surface area contributed by atoms with Gasteiger partial charge in [0, 0.05) is 30.9 Å². The quantitative estimate of drug-likeness (QED) is 0.726. The fourth-order valence-electron chi connectivity index (χ4n) is 3.01. The molecule has 1 aliphatic rings. The van der Waals surface area contributed by atoms with Crippen molar-refractivity contribution in [2.75, 3.05) is 19.0 Å². The van der Waals surface area contributed by atoms with Gasteiger partial charge in [0.25, 0.3) is 0 Å². The Balaban J connectivity index is 1.82. The molecule has 0 saturated heterocycles. The molecule has 0 N–H and O–H groups in total. The summed E-state index contributed by atoms with van der Waals surface area (Å²) >= 11 is 0. The van der Waals surface area contributed by atoms with Gasteiger partial charge >= 0.3 is 0 Å². The molecule has 25 heavy (non-hydrogen) atoms. The summed E-state index contributed by atoms with van der Waals surface area (Å²) in [5.41, 5.74) is 4.68. The highest BCUT2D eigenvalue weighted by atomic mass is 19.1. The van der Waals surface area contributed by atoms with E-state index >= 15 is 0 Å². The van der Waals surface area contributed by atoms with Crippen LogP contribution in [-0.4, -0.2) is 19.9 Å². The van der Waals surface area contributed by atoms with Gasteiger partial charge < -0.3 is 4.90 Å². The summed E-state index contributed by atoms with van der Waals surface area (Å²) in [4.78, 5) is 14.8. The second-order valence-corrected chi connectivity index (χ2v) is 6.56. The number of halogens is 1. The zero-order valence-electron chi connectivity index (χ0n) is 14.6. The van der Waals surface area contributed by atoms with Gasteiger partial charge in [-0.25, -0.2) is 4.39 Å². The lowest BCUT2D eigenvalue weighted by molar-refractivity contribution is -0.112. The second kappa shape index (κ2) is 7.47. The molecular weight excluding hydrogens is 313 g/mol. The first kappa shape index (κ1) is 17.2. The predicted molar refractivity (Wildman–Crippen MR) is 102 cm³/mol. The number of nitrogens with zero attached hydrogens (tertiary/aromatic N) is 1. The fraction of sp³-hybridized carbons (Fsp3) is 0.227. The van der Waals surface area contributed by atoms with Crippen LogP contribution in [0.4, 0.5) is 10.1 Å². The molecule has 0 aliphatic heterocycles. The van der Waals surface area contributed by atoms with Crippen LogP contribution in [0.25, 0.3) is 12.2 Å². The highest BCUT2D eigenvalue weighted by Crippen LogP contribution is 2.28. The number of benzene rings is 2. The van der Waals surface area contributed by atoms with E-state index in [9.17, 15) is 9.18 Å². The van der Waals surface area contributed by atoms with Crippen molar-refractivity contribution in [2.24, 2.45) is 0 Å². The van der Waals surface area contributed by atoms with Gasteiger partial charge in [-0.3, -0.25) is 4.79 Å². The van der Waals surface area contributed by atoms with Gasteiger partial charge in [0.05, 0.1) is 0 Å². The standard InChI is InChI=1S/C22H22FNO/c1-24(2)21-12-8-17(9-13-21)15-19-5-3-4-18(22(19)25)14-16-6-10-20(23)11-7-16/h6-15H,3-5H2,1-2H3. The number of anilines is 1. The largest absolute Gasteiger partial charge is 0.378 e. The summed E-state index contributed by atoms with van der Waals surface area (Å²) < 4.78 is 13.0. The molecular formula is C22H22FNO. The maximum Gasteiger partial charge on any atom is 0.185 e. The number of Topliss-reactive ketones (excluding diaryl/α,β-unsaturated/α-hetero) is 1. The van der Waals surface area contributed by atoms with Crippen LogP contribution >= 0.6 is 0 Å². The monoisotopic (exact) mass is 335 g/mol. The summed E-state index contributed by atoms with van der Waals surface area (Å²) in [6, 6.07) is 14.4. The minimum atomic E-state index is -0.265. The molecule has 3 rings (SSSR count). The molecule has 3 heteroatoms. The molecule has 0 spiro atoms. The number of carbonyl (C=O) groups excluding carboxylic acids is 1. The summed E-state index contributed by atoms with van der Waals surface area (Å²) in [5.74, 6) is -0.161. The van der Waals surface area contributed by atoms with E-state index in [4.69, 9.17) is 0 Å². The topological polar surface area (TPSA) is 20.3 Å². The predicted octanol–water partition coefficient (Wildman–Crippen LogP) is 5.11. The summed E-state index contributed by atoms with van der Waals surface area (Å²) in [6.07, 6.45) is 6.39. The van der Waals surface area contributed by atoms with Crippen LogP contribution in [0, 0.1) is 5.82 Å². The van der Waals surface area contributed by atoms with Crippen LogP contribution in [0.1, 0.15) is 30.4 Å². The maximum atomic E-state index is 13.0. The first-order valence-electron chi connectivity index (χ1n) is 8.52. The molecule has 1 aliphatic carbocycles. The van der Waals surface area contributed by atoms with Crippen LogP contribution < -0.4 is 4.90 Å². The number of rotatable bonds is 3. The molecule has 1 saturated carbocycles. The molecule has 0 bridgehead atoms. The van der Waals surface area contributed by atoms with Crippen LogP contribution in [0.2, 0.25) is 0 Å². The van der Waals surface area contributed by atoms with E-state index in [1.54, 1.807) is 12.1 Å². The van der Waals surface area contributed by atoms with Crippen molar-refractivity contribution in [3.8, 4) is 0 Å². The van der Waals surface area contributed by atoms with E-state index in [1.165, 1.54) is 12.1 Å². The van der Waals surface area contributed by atoms with E-state index in [-0.39, 0.29) is 11.6 Å². The lowest BCUT2D eigenvalue weighted by Gasteiger charge is -2.17. The Labute approximate surface area is 148 Å². The zero-order valence-corrected chi connectivity index (χ0v) is 14.6. The molecule has 128 valence electrons. The third kappa shape index (κ3) is 4.24. The van der Waals surface area contributed by atoms with Crippen molar-refractivity contribution in [1.82, 2.24) is 0 Å². The summed E-state index contributed by atoms with van der Waals surface area (Å²) in [7, 11) is 4.01. The second-order valence-electron chi connectivity index (χ2n) is 6.56. The minimum Gasteiger partial charge on any atom is -0.378 e. The molecule has 2 nitrogen and oxygen atoms in total. The Morgan fingerprint density at radius 3 is 1.80 bits per heavy atom. The molecule has 0 heterocycles. The lowest BCUT2D eigenvalue weighted by atomic mass is 9.87. The highest BCUT2D eigenvalue weighted by molar-refractivity contribution is 6.13. The number of hydrogen-bond acceptors (Lipinski definition) is 2. The van der Waals surface area contributed by atoms with Crippen molar-refractivity contribution in [2.45, 2.75) is 19.3 Å². The van der Waals surface area contributed by atoms with Gasteiger partial charge in [-0.05, 0) is 66.8 Å². The molecule has 0 atom stereocenters. The average molecular weight is 335 g/mol. The van der Waals surface area contributed by atoms with Crippen LogP contribution in [-0.2, 0) is 4.79 Å². The molecule has 0 unspecified atom stereocenters. The summed E-state index contributed by atoms with van der Waals surface area (Å²) in [5, 5.41) is 0. The summed E-state index contributed by atoms with van der Waals surface area (Å²) in [6.45, 7) is 0. The number of carbonyl (C=O) groups is 1. The van der Waals surface area contributed by atoms with Gasteiger partial charge in [0.1, 0.15) is 5.82 Å². The van der Waals surface area contributed by atoms with Gasteiger partial charge in [0.2, 0.25) is 0 Å². The molecule has 0 aromatic heterocycles. The van der Waals surface area contributed by atoms with Crippen molar-refractivity contribution in [1.29, 1.82) is 0 Å². The zero-order chi connectivity index (χ0) is 17.8. The van der Waals surface area contributed by atoms with Crippen molar-refractivity contribution in [3.05, 3.63) is 76.6 Å². The van der Waals surface area contributed by atoms with E-state index in [0.717, 1.165) is 47.2 Å². The Bertz CT molecular complexity index is 814. The van der Waals surface area contributed by atoms with Gasteiger partial charge in [0.15, 0.2) is 5.78 Å². The molecule has 0 radical (unpaired) electrons. The number of allylic oxidation sites excluding steroid dienone is 2. The highest BCUT2D eigenvalue weighted by Gasteiger charge is 2.20. The van der Waals surface area contributed by atoms with Crippen molar-refractivity contribution in [3.63, 3.8) is 0 Å².